The predicted molar refractivity (Wildman–Crippen MR) is 84.9 cm³/mol. The zero-order valence-electron chi connectivity index (χ0n) is 11.8. The van der Waals surface area contributed by atoms with Crippen LogP contribution in [0.25, 0.3) is 0 Å². The number of para-hydroxylation sites is 1. The van der Waals surface area contributed by atoms with E-state index in [9.17, 15) is 4.79 Å². The van der Waals surface area contributed by atoms with Crippen molar-refractivity contribution in [1.29, 1.82) is 0 Å². The maximum absolute atomic E-state index is 12.1. The smallest absolute Gasteiger partial charge is 0.324 e. The van der Waals surface area contributed by atoms with E-state index >= 15 is 0 Å². The maximum atomic E-state index is 12.1. The van der Waals surface area contributed by atoms with Crippen molar-refractivity contribution in [2.24, 2.45) is 0 Å². The van der Waals surface area contributed by atoms with Crippen LogP contribution in [0, 0.1) is 0 Å². The van der Waals surface area contributed by atoms with E-state index in [4.69, 9.17) is 16.3 Å². The van der Waals surface area contributed by atoms with Crippen LogP contribution in [-0.2, 0) is 0 Å². The van der Waals surface area contributed by atoms with Crippen LogP contribution in [-0.4, -0.2) is 19.3 Å². The van der Waals surface area contributed by atoms with Crippen molar-refractivity contribution >= 4 is 23.3 Å². The second-order valence-electron chi connectivity index (χ2n) is 4.30. The van der Waals surface area contributed by atoms with Crippen molar-refractivity contribution in [2.75, 3.05) is 18.2 Å². The predicted octanol–water partition coefficient (Wildman–Crippen LogP) is 3.91. The van der Waals surface area contributed by atoms with Crippen LogP contribution in [0.1, 0.15) is 6.92 Å². The molecule has 0 saturated carbocycles. The fourth-order valence-corrected chi connectivity index (χ4v) is 1.98. The number of halogens is 1. The number of rotatable bonds is 5. The van der Waals surface area contributed by atoms with E-state index in [2.05, 4.69) is 5.32 Å². The molecule has 0 spiro atoms. The fourth-order valence-electron chi connectivity index (χ4n) is 1.86. The number of anilines is 1. The molecule has 110 valence electrons. The lowest BCUT2D eigenvalue weighted by Crippen LogP contribution is -2.41. The van der Waals surface area contributed by atoms with E-state index in [-0.39, 0.29) is 12.8 Å². The Hall–Kier alpha value is -2.20. The molecule has 1 N–H and O–H groups in total. The summed E-state index contributed by atoms with van der Waals surface area (Å²) in [5, 5.41) is 3.37. The number of carbonyl (C=O) groups excluding carboxylic acids is 1. The standard InChI is InChI=1S/C16H17ClN2O2/c1-2-19(14-6-4-3-5-7-14)16(20)18-12-21-15-10-8-13(17)9-11-15/h3-11H,2,12H2,1H3,(H,18,20). The number of urea groups is 1. The number of ether oxygens (including phenoxy) is 1. The van der Waals surface area contributed by atoms with Gasteiger partial charge in [0.25, 0.3) is 0 Å². The number of hydrogen-bond donors (Lipinski definition) is 1. The van der Waals surface area contributed by atoms with Gasteiger partial charge in [0.1, 0.15) is 5.75 Å². The summed E-state index contributed by atoms with van der Waals surface area (Å²) in [4.78, 5) is 13.8. The number of benzene rings is 2. The lowest BCUT2D eigenvalue weighted by atomic mass is 10.3. The highest BCUT2D eigenvalue weighted by atomic mass is 35.5. The van der Waals surface area contributed by atoms with E-state index in [1.54, 1.807) is 29.2 Å². The first-order valence-corrected chi connectivity index (χ1v) is 7.07. The van der Waals surface area contributed by atoms with Crippen LogP contribution in [0.2, 0.25) is 5.02 Å². The molecule has 0 bridgehead atoms. The van der Waals surface area contributed by atoms with Gasteiger partial charge >= 0.3 is 6.03 Å². The summed E-state index contributed by atoms with van der Waals surface area (Å²) in [6.07, 6.45) is 0. The quantitative estimate of drug-likeness (QED) is 0.851. The minimum absolute atomic E-state index is 0.101. The Morgan fingerprint density at radius 1 is 1.14 bits per heavy atom. The van der Waals surface area contributed by atoms with Gasteiger partial charge in [0.2, 0.25) is 0 Å². The van der Waals surface area contributed by atoms with Gasteiger partial charge in [-0.1, -0.05) is 29.8 Å². The van der Waals surface area contributed by atoms with Gasteiger partial charge < -0.3 is 10.1 Å². The van der Waals surface area contributed by atoms with Gasteiger partial charge in [0.15, 0.2) is 6.73 Å². The van der Waals surface area contributed by atoms with Crippen LogP contribution in [0.3, 0.4) is 0 Å². The Labute approximate surface area is 129 Å². The molecule has 21 heavy (non-hydrogen) atoms. The van der Waals surface area contributed by atoms with Gasteiger partial charge in [0.05, 0.1) is 0 Å². The lowest BCUT2D eigenvalue weighted by Gasteiger charge is -2.21. The summed E-state index contributed by atoms with van der Waals surface area (Å²) in [5.41, 5.74) is 0.851. The molecule has 2 aromatic carbocycles. The molecule has 5 heteroatoms. The molecule has 0 saturated heterocycles. The zero-order chi connectivity index (χ0) is 15.1. The number of nitrogens with one attached hydrogen (secondary N) is 1. The van der Waals surface area contributed by atoms with Crippen LogP contribution < -0.4 is 15.0 Å². The van der Waals surface area contributed by atoms with Crippen molar-refractivity contribution in [2.45, 2.75) is 6.92 Å². The molecular formula is C16H17ClN2O2. The third-order valence-electron chi connectivity index (χ3n) is 2.91. The maximum Gasteiger partial charge on any atom is 0.324 e. The van der Waals surface area contributed by atoms with Crippen LogP contribution in [0.5, 0.6) is 5.75 Å². The number of hydrogen-bond acceptors (Lipinski definition) is 2. The minimum Gasteiger partial charge on any atom is -0.473 e. The third kappa shape index (κ3) is 4.39. The molecule has 4 nitrogen and oxygen atoms in total. The first-order chi connectivity index (χ1) is 10.2. The zero-order valence-corrected chi connectivity index (χ0v) is 12.5. The molecule has 0 heterocycles. The number of amides is 2. The molecule has 0 radical (unpaired) electrons. The average molecular weight is 305 g/mol. The van der Waals surface area contributed by atoms with Crippen LogP contribution >= 0.6 is 11.6 Å². The Kier molecular flexibility index (Phi) is 5.46. The monoisotopic (exact) mass is 304 g/mol. The highest BCUT2D eigenvalue weighted by Crippen LogP contribution is 2.15. The molecule has 0 aliphatic carbocycles. The molecule has 0 aliphatic rings. The second kappa shape index (κ2) is 7.55. The first kappa shape index (κ1) is 15.2. The summed E-state index contributed by atoms with van der Waals surface area (Å²) >= 11 is 5.79. The molecule has 0 atom stereocenters. The largest absolute Gasteiger partial charge is 0.473 e. The number of carbonyl (C=O) groups is 1. The molecule has 0 fully saturated rings. The average Bonchev–Trinajstić information content (AvgIpc) is 2.51. The third-order valence-corrected chi connectivity index (χ3v) is 3.16. The molecule has 2 amide bonds. The highest BCUT2D eigenvalue weighted by molar-refractivity contribution is 6.30. The molecule has 2 rings (SSSR count). The van der Waals surface area contributed by atoms with Gasteiger partial charge in [-0.15, -0.1) is 0 Å². The van der Waals surface area contributed by atoms with Crippen LogP contribution in [0.15, 0.2) is 54.6 Å². The van der Waals surface area contributed by atoms with Gasteiger partial charge in [-0.25, -0.2) is 4.79 Å². The summed E-state index contributed by atoms with van der Waals surface area (Å²) in [5.74, 6) is 0.655. The summed E-state index contributed by atoms with van der Waals surface area (Å²) in [6.45, 7) is 2.60. The van der Waals surface area contributed by atoms with E-state index < -0.39 is 0 Å². The summed E-state index contributed by atoms with van der Waals surface area (Å²) < 4.78 is 5.44. The van der Waals surface area contributed by atoms with Gasteiger partial charge in [-0.2, -0.15) is 0 Å². The van der Waals surface area contributed by atoms with Crippen molar-refractivity contribution < 1.29 is 9.53 Å². The fraction of sp³-hybridized carbons (Fsp3) is 0.188. The SMILES string of the molecule is CCN(C(=O)NCOc1ccc(Cl)cc1)c1ccccc1. The number of nitrogens with zero attached hydrogens (tertiary/aromatic N) is 1. The Morgan fingerprint density at radius 3 is 2.43 bits per heavy atom. The van der Waals surface area contributed by atoms with E-state index in [1.807, 2.05) is 37.3 Å². The Balaban J connectivity index is 1.87. The molecular weight excluding hydrogens is 288 g/mol. The topological polar surface area (TPSA) is 41.6 Å². The highest BCUT2D eigenvalue weighted by Gasteiger charge is 2.12. The van der Waals surface area contributed by atoms with Gasteiger partial charge in [-0.3, -0.25) is 4.90 Å². The molecule has 2 aromatic rings. The Bertz CT molecular complexity index is 573. The molecule has 0 unspecified atom stereocenters. The van der Waals surface area contributed by atoms with Crippen molar-refractivity contribution in [3.05, 3.63) is 59.6 Å². The lowest BCUT2D eigenvalue weighted by molar-refractivity contribution is 0.229. The van der Waals surface area contributed by atoms with Crippen LogP contribution in [0.4, 0.5) is 10.5 Å². The normalized spacial score (nSPS) is 10.0. The van der Waals surface area contributed by atoms with Crippen molar-refractivity contribution in [3.63, 3.8) is 0 Å². The first-order valence-electron chi connectivity index (χ1n) is 6.69. The van der Waals surface area contributed by atoms with E-state index in [1.165, 1.54) is 0 Å². The van der Waals surface area contributed by atoms with Gasteiger partial charge in [0, 0.05) is 17.3 Å². The minimum atomic E-state index is -0.197. The molecule has 0 aromatic heterocycles. The molecule has 0 aliphatic heterocycles. The summed E-state index contributed by atoms with van der Waals surface area (Å²) in [7, 11) is 0. The second-order valence-corrected chi connectivity index (χ2v) is 4.74. The van der Waals surface area contributed by atoms with E-state index in [0.717, 1.165) is 5.69 Å². The van der Waals surface area contributed by atoms with Gasteiger partial charge in [-0.05, 0) is 43.3 Å². The Morgan fingerprint density at radius 2 is 1.81 bits per heavy atom. The van der Waals surface area contributed by atoms with Crippen molar-refractivity contribution in [3.8, 4) is 5.75 Å². The van der Waals surface area contributed by atoms with E-state index in [0.29, 0.717) is 17.3 Å². The summed E-state index contributed by atoms with van der Waals surface area (Å²) in [6, 6.07) is 16.3. The van der Waals surface area contributed by atoms with Crippen molar-refractivity contribution in [1.82, 2.24) is 5.32 Å².